The topological polar surface area (TPSA) is 29.1 Å². The summed E-state index contributed by atoms with van der Waals surface area (Å²) in [5.74, 6) is 0.594. The highest BCUT2D eigenvalue weighted by atomic mass is 19.1. The summed E-state index contributed by atoms with van der Waals surface area (Å²) in [7, 11) is 0. The minimum atomic E-state index is -0.249. The molecule has 0 spiro atoms. The van der Waals surface area contributed by atoms with Crippen molar-refractivity contribution in [1.82, 2.24) is 5.32 Å². The van der Waals surface area contributed by atoms with E-state index >= 15 is 0 Å². The summed E-state index contributed by atoms with van der Waals surface area (Å²) in [6.07, 6.45) is 0.995. The van der Waals surface area contributed by atoms with Crippen LogP contribution < -0.4 is 5.32 Å². The van der Waals surface area contributed by atoms with Crippen molar-refractivity contribution in [2.24, 2.45) is 11.8 Å². The fraction of sp³-hybridized carbons (Fsp3) is 0.417. The van der Waals surface area contributed by atoms with Crippen molar-refractivity contribution in [3.63, 3.8) is 0 Å². The maximum absolute atomic E-state index is 12.6. The fourth-order valence-corrected chi connectivity index (χ4v) is 1.61. The van der Waals surface area contributed by atoms with E-state index in [1.165, 1.54) is 12.1 Å². The van der Waals surface area contributed by atoms with E-state index in [-0.39, 0.29) is 17.6 Å². The highest BCUT2D eigenvalue weighted by molar-refractivity contribution is 5.81. The molecule has 0 radical (unpaired) electrons. The van der Waals surface area contributed by atoms with Crippen molar-refractivity contribution in [3.8, 4) is 0 Å². The van der Waals surface area contributed by atoms with Gasteiger partial charge in [-0.1, -0.05) is 19.1 Å². The van der Waals surface area contributed by atoms with Gasteiger partial charge in [0.05, 0.1) is 0 Å². The van der Waals surface area contributed by atoms with Gasteiger partial charge in [-0.3, -0.25) is 4.79 Å². The zero-order valence-corrected chi connectivity index (χ0v) is 8.66. The van der Waals surface area contributed by atoms with Crippen LogP contribution in [0.4, 0.5) is 4.39 Å². The number of benzene rings is 1. The molecular formula is C12H14FNO. The summed E-state index contributed by atoms with van der Waals surface area (Å²) < 4.78 is 12.6. The van der Waals surface area contributed by atoms with E-state index in [0.717, 1.165) is 12.0 Å². The summed E-state index contributed by atoms with van der Waals surface area (Å²) in [5, 5.41) is 2.85. The molecule has 0 saturated heterocycles. The lowest BCUT2D eigenvalue weighted by Gasteiger charge is -2.04. The SMILES string of the molecule is C[C@@H]1C[C@@H]1C(=O)NCc1ccc(F)cc1. The van der Waals surface area contributed by atoms with Gasteiger partial charge in [0.2, 0.25) is 5.91 Å². The Labute approximate surface area is 88.5 Å². The van der Waals surface area contributed by atoms with Crippen LogP contribution in [0.2, 0.25) is 0 Å². The van der Waals surface area contributed by atoms with Crippen LogP contribution in [0.5, 0.6) is 0 Å². The average molecular weight is 207 g/mol. The Hall–Kier alpha value is -1.38. The maximum Gasteiger partial charge on any atom is 0.223 e. The average Bonchev–Trinajstić information content (AvgIpc) is 2.94. The van der Waals surface area contributed by atoms with Crippen LogP contribution >= 0.6 is 0 Å². The lowest BCUT2D eigenvalue weighted by atomic mass is 10.2. The second-order valence-electron chi connectivity index (χ2n) is 4.16. The number of rotatable bonds is 3. The molecule has 15 heavy (non-hydrogen) atoms. The molecule has 1 N–H and O–H groups in total. The van der Waals surface area contributed by atoms with Crippen molar-refractivity contribution in [2.45, 2.75) is 19.9 Å². The van der Waals surface area contributed by atoms with Crippen molar-refractivity contribution in [1.29, 1.82) is 0 Å². The zero-order valence-electron chi connectivity index (χ0n) is 8.66. The molecule has 1 aromatic rings. The molecule has 1 aliphatic rings. The van der Waals surface area contributed by atoms with Crippen molar-refractivity contribution in [3.05, 3.63) is 35.6 Å². The van der Waals surface area contributed by atoms with E-state index in [4.69, 9.17) is 0 Å². The van der Waals surface area contributed by atoms with E-state index < -0.39 is 0 Å². The van der Waals surface area contributed by atoms with Crippen LogP contribution in [0.15, 0.2) is 24.3 Å². The lowest BCUT2D eigenvalue weighted by molar-refractivity contribution is -0.122. The van der Waals surface area contributed by atoms with Gasteiger partial charge < -0.3 is 5.32 Å². The number of halogens is 1. The van der Waals surface area contributed by atoms with E-state index in [2.05, 4.69) is 12.2 Å². The van der Waals surface area contributed by atoms with Crippen molar-refractivity contribution in [2.75, 3.05) is 0 Å². The molecule has 80 valence electrons. The molecule has 0 heterocycles. The first-order valence-corrected chi connectivity index (χ1v) is 5.19. The molecule has 0 unspecified atom stereocenters. The number of carbonyl (C=O) groups excluding carboxylic acids is 1. The summed E-state index contributed by atoms with van der Waals surface area (Å²) in [6.45, 7) is 2.56. The third-order valence-corrected chi connectivity index (χ3v) is 2.83. The second-order valence-corrected chi connectivity index (χ2v) is 4.16. The molecule has 1 fully saturated rings. The third kappa shape index (κ3) is 2.55. The molecule has 2 nitrogen and oxygen atoms in total. The van der Waals surface area contributed by atoms with Gasteiger partial charge in [-0.05, 0) is 30.0 Å². The largest absolute Gasteiger partial charge is 0.352 e. The van der Waals surface area contributed by atoms with Gasteiger partial charge in [-0.15, -0.1) is 0 Å². The minimum Gasteiger partial charge on any atom is -0.352 e. The Morgan fingerprint density at radius 2 is 2.07 bits per heavy atom. The van der Waals surface area contributed by atoms with E-state index in [1.54, 1.807) is 12.1 Å². The van der Waals surface area contributed by atoms with Crippen LogP contribution in [0.1, 0.15) is 18.9 Å². The van der Waals surface area contributed by atoms with Gasteiger partial charge in [0, 0.05) is 12.5 Å². The van der Waals surface area contributed by atoms with E-state index in [1.807, 2.05) is 0 Å². The van der Waals surface area contributed by atoms with Crippen LogP contribution in [-0.4, -0.2) is 5.91 Å². The third-order valence-electron chi connectivity index (χ3n) is 2.83. The smallest absolute Gasteiger partial charge is 0.223 e. The Kier molecular flexibility index (Phi) is 2.71. The number of hydrogen-bond donors (Lipinski definition) is 1. The van der Waals surface area contributed by atoms with Gasteiger partial charge in [-0.2, -0.15) is 0 Å². The highest BCUT2D eigenvalue weighted by Gasteiger charge is 2.38. The molecule has 1 aliphatic carbocycles. The quantitative estimate of drug-likeness (QED) is 0.808. The Morgan fingerprint density at radius 3 is 2.60 bits per heavy atom. The minimum absolute atomic E-state index is 0.117. The number of nitrogens with one attached hydrogen (secondary N) is 1. The second kappa shape index (κ2) is 4.01. The van der Waals surface area contributed by atoms with Gasteiger partial charge in [0.1, 0.15) is 5.82 Å². The first-order valence-electron chi connectivity index (χ1n) is 5.19. The highest BCUT2D eigenvalue weighted by Crippen LogP contribution is 2.37. The van der Waals surface area contributed by atoms with Crippen molar-refractivity contribution < 1.29 is 9.18 Å². The lowest BCUT2D eigenvalue weighted by Crippen LogP contribution is -2.24. The summed E-state index contributed by atoms with van der Waals surface area (Å²) in [5.41, 5.74) is 0.929. The van der Waals surface area contributed by atoms with Crippen LogP contribution in [-0.2, 0) is 11.3 Å². The maximum atomic E-state index is 12.6. The predicted octanol–water partition coefficient (Wildman–Crippen LogP) is 2.10. The number of hydrogen-bond acceptors (Lipinski definition) is 1. The van der Waals surface area contributed by atoms with Crippen LogP contribution in [0, 0.1) is 17.7 Å². The van der Waals surface area contributed by atoms with Crippen LogP contribution in [0.25, 0.3) is 0 Å². The molecule has 2 atom stereocenters. The molecule has 1 amide bonds. The molecule has 1 aromatic carbocycles. The van der Waals surface area contributed by atoms with Gasteiger partial charge in [-0.25, -0.2) is 4.39 Å². The summed E-state index contributed by atoms with van der Waals surface area (Å²) in [6, 6.07) is 6.18. The first kappa shape index (κ1) is 10.1. The molecule has 3 heteroatoms. The fourth-order valence-electron chi connectivity index (χ4n) is 1.61. The van der Waals surface area contributed by atoms with Gasteiger partial charge in [0.15, 0.2) is 0 Å². The molecule has 1 saturated carbocycles. The molecule has 0 aliphatic heterocycles. The van der Waals surface area contributed by atoms with E-state index in [9.17, 15) is 9.18 Å². The number of carbonyl (C=O) groups is 1. The first-order chi connectivity index (χ1) is 7.16. The zero-order chi connectivity index (χ0) is 10.8. The monoisotopic (exact) mass is 207 g/mol. The van der Waals surface area contributed by atoms with E-state index in [0.29, 0.717) is 12.5 Å². The van der Waals surface area contributed by atoms with Crippen molar-refractivity contribution >= 4 is 5.91 Å². The molecule has 2 rings (SSSR count). The van der Waals surface area contributed by atoms with Gasteiger partial charge in [0.25, 0.3) is 0 Å². The Balaban J connectivity index is 1.82. The standard InChI is InChI=1S/C12H14FNO/c1-8-6-11(8)12(15)14-7-9-2-4-10(13)5-3-9/h2-5,8,11H,6-7H2,1H3,(H,14,15)/t8-,11+/m1/s1. The Bertz CT molecular complexity index is 360. The number of amides is 1. The van der Waals surface area contributed by atoms with Gasteiger partial charge >= 0.3 is 0 Å². The Morgan fingerprint density at radius 1 is 1.47 bits per heavy atom. The predicted molar refractivity (Wildman–Crippen MR) is 55.5 cm³/mol. The van der Waals surface area contributed by atoms with Crippen LogP contribution in [0.3, 0.4) is 0 Å². The molecule has 0 aromatic heterocycles. The summed E-state index contributed by atoms with van der Waals surface area (Å²) >= 11 is 0. The summed E-state index contributed by atoms with van der Waals surface area (Å²) in [4.78, 5) is 11.5. The normalized spacial score (nSPS) is 23.6. The molecular weight excluding hydrogens is 193 g/mol. The molecule has 0 bridgehead atoms.